The fourth-order valence-corrected chi connectivity index (χ4v) is 4.79. The van der Waals surface area contributed by atoms with E-state index < -0.39 is 6.43 Å². The smallest absolute Gasteiger partial charge is 0.280 e. The third-order valence-corrected chi connectivity index (χ3v) is 6.81. The molecule has 1 aliphatic heterocycles. The first-order valence-electron chi connectivity index (χ1n) is 11.5. The first-order chi connectivity index (χ1) is 17.1. The lowest BCUT2D eigenvalue weighted by atomic mass is 9.85. The molecule has 1 saturated carbocycles. The minimum absolute atomic E-state index is 0.0746. The Morgan fingerprint density at radius 1 is 1.09 bits per heavy atom. The van der Waals surface area contributed by atoms with E-state index in [9.17, 15) is 13.6 Å². The maximum Gasteiger partial charge on any atom is 0.280 e. The number of nitrogens with zero attached hydrogens (tertiary/aromatic N) is 7. The maximum atomic E-state index is 12.9. The van der Waals surface area contributed by atoms with Gasteiger partial charge in [0.15, 0.2) is 0 Å². The number of hydrogen-bond donors (Lipinski definition) is 1. The Labute approximate surface area is 199 Å². The van der Waals surface area contributed by atoms with Crippen molar-refractivity contribution in [1.29, 1.82) is 0 Å². The number of rotatable bonds is 5. The molecule has 179 valence electrons. The van der Waals surface area contributed by atoms with Crippen LogP contribution in [0.25, 0.3) is 22.3 Å². The highest BCUT2D eigenvalue weighted by Crippen LogP contribution is 2.36. The van der Waals surface area contributed by atoms with Crippen molar-refractivity contribution < 1.29 is 13.6 Å². The highest BCUT2D eigenvalue weighted by atomic mass is 19.3. The lowest BCUT2D eigenvalue weighted by Gasteiger charge is -2.45. The van der Waals surface area contributed by atoms with Crippen molar-refractivity contribution in [2.75, 3.05) is 26.2 Å². The van der Waals surface area contributed by atoms with Crippen LogP contribution in [0.5, 0.6) is 0 Å². The lowest BCUT2D eigenvalue weighted by Crippen LogP contribution is -2.55. The number of H-pyrrole nitrogens is 1. The van der Waals surface area contributed by atoms with Crippen LogP contribution in [0.15, 0.2) is 49.2 Å². The molecule has 1 amide bonds. The predicted octanol–water partition coefficient (Wildman–Crippen LogP) is 3.15. The van der Waals surface area contributed by atoms with Crippen LogP contribution in [0.3, 0.4) is 0 Å². The third-order valence-electron chi connectivity index (χ3n) is 6.81. The highest BCUT2D eigenvalue weighted by Gasteiger charge is 2.38. The topological polar surface area (TPSA) is 95.8 Å². The normalized spacial score (nSPS) is 17.9. The second kappa shape index (κ2) is 8.81. The molecule has 1 N–H and O–H groups in total. The molecule has 1 radical (unpaired) electrons. The molecular formula is C24H23F2N8O. The van der Waals surface area contributed by atoms with Gasteiger partial charge in [-0.25, -0.2) is 23.7 Å². The molecule has 0 unspecified atom stereocenters. The van der Waals surface area contributed by atoms with Crippen molar-refractivity contribution in [3.8, 4) is 11.3 Å². The van der Waals surface area contributed by atoms with Gasteiger partial charge < -0.3 is 9.88 Å². The molecule has 9 nitrogen and oxygen atoms in total. The summed E-state index contributed by atoms with van der Waals surface area (Å²) in [6.45, 7) is 2.60. The zero-order chi connectivity index (χ0) is 23.9. The zero-order valence-corrected chi connectivity index (χ0v) is 18.8. The van der Waals surface area contributed by atoms with E-state index in [1.807, 2.05) is 29.3 Å². The zero-order valence-electron chi connectivity index (χ0n) is 18.8. The maximum absolute atomic E-state index is 12.9. The minimum Gasteiger partial charge on any atom is -0.346 e. The molecular weight excluding hydrogens is 454 g/mol. The summed E-state index contributed by atoms with van der Waals surface area (Å²) in [4.78, 5) is 32.4. The molecule has 2 fully saturated rings. The number of alkyl halides is 2. The van der Waals surface area contributed by atoms with E-state index in [-0.39, 0.29) is 17.3 Å². The van der Waals surface area contributed by atoms with Gasteiger partial charge in [0.2, 0.25) is 0 Å². The van der Waals surface area contributed by atoms with Crippen LogP contribution < -0.4 is 0 Å². The van der Waals surface area contributed by atoms with E-state index in [0.717, 1.165) is 48.2 Å². The number of hydrogen-bond acceptors (Lipinski definition) is 6. The monoisotopic (exact) mass is 477 g/mol. The van der Waals surface area contributed by atoms with Crippen LogP contribution in [0.2, 0.25) is 0 Å². The molecule has 0 atom stereocenters. The van der Waals surface area contributed by atoms with Gasteiger partial charge in [-0.1, -0.05) is 6.07 Å². The summed E-state index contributed by atoms with van der Waals surface area (Å²) in [5.41, 5.74) is 2.31. The van der Waals surface area contributed by atoms with Crippen LogP contribution >= 0.6 is 0 Å². The summed E-state index contributed by atoms with van der Waals surface area (Å²) in [5, 5.41) is 5.52. The minimum atomic E-state index is -2.69. The SMILES string of the molecule is O=C(c1cccc(C(F)F)n1)N1CCN(C2C[C](n3cc(-c4ncnc5[nH]ccc45)cn3)C2)CC1. The summed E-state index contributed by atoms with van der Waals surface area (Å²) in [6, 6.07) is 7.80. The molecule has 1 saturated heterocycles. The van der Waals surface area contributed by atoms with Gasteiger partial charge in [-0.3, -0.25) is 14.4 Å². The van der Waals surface area contributed by atoms with E-state index in [1.165, 1.54) is 24.2 Å². The van der Waals surface area contributed by atoms with Gasteiger partial charge in [0, 0.05) is 55.6 Å². The van der Waals surface area contributed by atoms with E-state index >= 15 is 0 Å². The van der Waals surface area contributed by atoms with E-state index in [4.69, 9.17) is 0 Å². The van der Waals surface area contributed by atoms with Gasteiger partial charge in [0.05, 0.1) is 17.9 Å². The van der Waals surface area contributed by atoms with Gasteiger partial charge in [-0.2, -0.15) is 5.10 Å². The molecule has 4 aromatic rings. The van der Waals surface area contributed by atoms with Crippen molar-refractivity contribution >= 4 is 16.9 Å². The second-order valence-corrected chi connectivity index (χ2v) is 8.84. The van der Waals surface area contributed by atoms with Gasteiger partial charge in [-0.15, -0.1) is 0 Å². The number of fused-ring (bicyclic) bond motifs is 1. The largest absolute Gasteiger partial charge is 0.346 e. The van der Waals surface area contributed by atoms with Gasteiger partial charge in [0.1, 0.15) is 23.4 Å². The summed E-state index contributed by atoms with van der Waals surface area (Å²) in [5.74, 6) is -0.293. The van der Waals surface area contributed by atoms with Gasteiger partial charge >= 0.3 is 0 Å². The summed E-state index contributed by atoms with van der Waals surface area (Å²) >= 11 is 0. The van der Waals surface area contributed by atoms with Crippen LogP contribution in [-0.2, 0) is 0 Å². The molecule has 35 heavy (non-hydrogen) atoms. The fourth-order valence-electron chi connectivity index (χ4n) is 4.79. The molecule has 6 rings (SSSR count). The Kier molecular flexibility index (Phi) is 5.48. The Morgan fingerprint density at radius 3 is 2.71 bits per heavy atom. The average molecular weight is 477 g/mol. The Hall–Kier alpha value is -3.73. The number of pyridine rings is 1. The van der Waals surface area contributed by atoms with Crippen LogP contribution in [-0.4, -0.2) is 77.6 Å². The number of halogens is 2. The Balaban J connectivity index is 1.04. The first-order valence-corrected chi connectivity index (χ1v) is 11.5. The molecule has 1 aliphatic carbocycles. The second-order valence-electron chi connectivity index (χ2n) is 8.84. The van der Waals surface area contributed by atoms with Crippen molar-refractivity contribution in [3.63, 3.8) is 0 Å². The third kappa shape index (κ3) is 4.05. The quantitative estimate of drug-likeness (QED) is 0.475. The van der Waals surface area contributed by atoms with E-state index in [2.05, 4.69) is 29.9 Å². The molecule has 0 bridgehead atoms. The Bertz CT molecular complexity index is 1350. The van der Waals surface area contributed by atoms with E-state index in [0.29, 0.717) is 19.1 Å². The summed E-state index contributed by atoms with van der Waals surface area (Å²) in [6.07, 6.45) is 6.38. The number of carbonyl (C=O) groups excluding carboxylic acids is 1. The lowest BCUT2D eigenvalue weighted by molar-refractivity contribution is 0.0466. The number of amides is 1. The van der Waals surface area contributed by atoms with Crippen molar-refractivity contribution in [2.24, 2.45) is 0 Å². The number of carbonyl (C=O) groups is 1. The van der Waals surface area contributed by atoms with Crippen molar-refractivity contribution in [3.05, 3.63) is 66.6 Å². The number of nitrogens with one attached hydrogen (secondary N) is 1. The van der Waals surface area contributed by atoms with E-state index in [1.54, 1.807) is 11.2 Å². The van der Waals surface area contributed by atoms with Crippen LogP contribution in [0.1, 0.15) is 35.4 Å². The van der Waals surface area contributed by atoms with Crippen LogP contribution in [0, 0.1) is 6.04 Å². The Morgan fingerprint density at radius 2 is 1.91 bits per heavy atom. The van der Waals surface area contributed by atoms with Crippen molar-refractivity contribution in [1.82, 2.24) is 39.5 Å². The molecule has 4 aromatic heterocycles. The van der Waals surface area contributed by atoms with Gasteiger partial charge in [-0.05, 0) is 31.0 Å². The molecule has 11 heteroatoms. The molecule has 5 heterocycles. The van der Waals surface area contributed by atoms with Crippen LogP contribution in [0.4, 0.5) is 8.78 Å². The molecule has 0 spiro atoms. The van der Waals surface area contributed by atoms with Gasteiger partial charge in [0.25, 0.3) is 12.3 Å². The number of aromatic nitrogens is 6. The number of aromatic amines is 1. The average Bonchev–Trinajstić information content (AvgIpc) is 3.53. The fraction of sp³-hybridized carbons (Fsp3) is 0.333. The predicted molar refractivity (Wildman–Crippen MR) is 123 cm³/mol. The first kappa shape index (κ1) is 21.8. The number of piperazine rings is 1. The molecule has 0 aromatic carbocycles. The molecule has 2 aliphatic rings. The summed E-state index contributed by atoms with van der Waals surface area (Å²) < 4.78 is 27.8. The highest BCUT2D eigenvalue weighted by molar-refractivity contribution is 5.92. The summed E-state index contributed by atoms with van der Waals surface area (Å²) in [7, 11) is 0. The standard InChI is InChI=1S/C24H23F2N8O/c25-22(26)19-2-1-3-20(31-19)24(35)33-8-6-32(7-9-33)16-10-17(11-16)34-13-15(12-30-34)21-18-4-5-27-23(18)29-14-28-21/h1-5,12-14,16,22H,6-11H2,(H,27,28,29). The van der Waals surface area contributed by atoms with Crippen molar-refractivity contribution in [2.45, 2.75) is 25.3 Å².